The molecule has 4 nitrogen and oxygen atoms in total. The lowest BCUT2D eigenvalue weighted by molar-refractivity contribution is -0.146. The largest absolute Gasteiger partial charge is 0.467 e. The van der Waals surface area contributed by atoms with Gasteiger partial charge in [-0.3, -0.25) is 4.79 Å². The van der Waals surface area contributed by atoms with Gasteiger partial charge in [0.1, 0.15) is 6.61 Å². The molecule has 108 valence electrons. The molecule has 1 unspecified atom stereocenters. The number of hydrogen-bond donors (Lipinski definition) is 0. The molecule has 0 aliphatic rings. The Balaban J connectivity index is 2.61. The summed E-state index contributed by atoms with van der Waals surface area (Å²) in [5.74, 6) is -1.22. The van der Waals surface area contributed by atoms with E-state index in [-0.39, 0.29) is 19.0 Å². The van der Waals surface area contributed by atoms with Gasteiger partial charge in [0.15, 0.2) is 0 Å². The van der Waals surface area contributed by atoms with Crippen LogP contribution in [0.1, 0.15) is 18.1 Å². The number of benzene rings is 1. The maximum Gasteiger partial charge on any atom is 0.340 e. The predicted molar refractivity (Wildman–Crippen MR) is 72.7 cm³/mol. The average molecular weight is 280 g/mol. The average Bonchev–Trinajstić information content (AvgIpc) is 2.43. The molecule has 1 atom stereocenters. The first-order chi connectivity index (χ1) is 9.52. The molecule has 1 aromatic carbocycles. The number of halogens is 1. The highest BCUT2D eigenvalue weighted by Crippen LogP contribution is 2.11. The van der Waals surface area contributed by atoms with Gasteiger partial charge >= 0.3 is 11.9 Å². The SMILES string of the molecule is COC(=O)C(F)Cc1cccc(/C=C\COC(C)=O)c1. The van der Waals surface area contributed by atoms with Crippen LogP contribution in [0.4, 0.5) is 4.39 Å². The third-order valence-corrected chi connectivity index (χ3v) is 2.52. The van der Waals surface area contributed by atoms with Gasteiger partial charge in [0, 0.05) is 13.3 Å². The van der Waals surface area contributed by atoms with Crippen molar-refractivity contribution in [1.82, 2.24) is 0 Å². The zero-order valence-electron chi connectivity index (χ0n) is 11.5. The highest BCUT2D eigenvalue weighted by Gasteiger charge is 2.17. The lowest BCUT2D eigenvalue weighted by atomic mass is 10.1. The number of carbonyl (C=O) groups excluding carboxylic acids is 2. The Labute approximate surface area is 117 Å². The Bertz CT molecular complexity index is 496. The molecule has 0 aromatic heterocycles. The minimum absolute atomic E-state index is 0.0295. The number of methoxy groups -OCH3 is 1. The number of esters is 2. The zero-order valence-corrected chi connectivity index (χ0v) is 11.5. The number of rotatable bonds is 6. The van der Waals surface area contributed by atoms with Crippen LogP contribution in [-0.2, 0) is 25.5 Å². The minimum atomic E-state index is -1.67. The first-order valence-corrected chi connectivity index (χ1v) is 6.13. The number of alkyl halides is 1. The Kier molecular flexibility index (Phi) is 6.43. The van der Waals surface area contributed by atoms with Crippen molar-refractivity contribution in [2.75, 3.05) is 13.7 Å². The van der Waals surface area contributed by atoms with E-state index in [0.717, 1.165) is 12.7 Å². The van der Waals surface area contributed by atoms with Gasteiger partial charge in [-0.25, -0.2) is 9.18 Å². The molecule has 0 aliphatic carbocycles. The Morgan fingerprint density at radius 3 is 2.80 bits per heavy atom. The molecule has 0 radical (unpaired) electrons. The summed E-state index contributed by atoms with van der Waals surface area (Å²) in [4.78, 5) is 21.6. The van der Waals surface area contributed by atoms with E-state index in [1.165, 1.54) is 6.92 Å². The summed E-state index contributed by atoms with van der Waals surface area (Å²) in [6.45, 7) is 1.52. The second-order valence-corrected chi connectivity index (χ2v) is 4.14. The summed E-state index contributed by atoms with van der Waals surface area (Å²) < 4.78 is 22.6. The van der Waals surface area contributed by atoms with Crippen LogP contribution in [-0.4, -0.2) is 31.8 Å². The molecule has 0 heterocycles. The van der Waals surface area contributed by atoms with Crippen molar-refractivity contribution >= 4 is 18.0 Å². The summed E-state index contributed by atoms with van der Waals surface area (Å²) in [6, 6.07) is 7.10. The first-order valence-electron chi connectivity index (χ1n) is 6.13. The van der Waals surface area contributed by atoms with Gasteiger partial charge < -0.3 is 9.47 Å². The van der Waals surface area contributed by atoms with Crippen LogP contribution >= 0.6 is 0 Å². The third-order valence-electron chi connectivity index (χ3n) is 2.52. The highest BCUT2D eigenvalue weighted by atomic mass is 19.1. The van der Waals surface area contributed by atoms with E-state index >= 15 is 0 Å². The predicted octanol–water partition coefficient (Wildman–Crippen LogP) is 2.32. The Morgan fingerprint density at radius 1 is 1.40 bits per heavy atom. The van der Waals surface area contributed by atoms with Crippen molar-refractivity contribution in [3.63, 3.8) is 0 Å². The molecule has 0 aliphatic heterocycles. The topological polar surface area (TPSA) is 52.6 Å². The van der Waals surface area contributed by atoms with E-state index in [1.807, 2.05) is 6.07 Å². The first kappa shape index (κ1) is 15.9. The van der Waals surface area contributed by atoms with Crippen molar-refractivity contribution in [2.24, 2.45) is 0 Å². The maximum atomic E-state index is 13.5. The van der Waals surface area contributed by atoms with Crippen molar-refractivity contribution in [2.45, 2.75) is 19.5 Å². The molecule has 0 saturated carbocycles. The molecule has 1 rings (SSSR count). The van der Waals surface area contributed by atoms with Crippen LogP contribution in [0.25, 0.3) is 6.08 Å². The Morgan fingerprint density at radius 2 is 2.15 bits per heavy atom. The number of carbonyl (C=O) groups is 2. The van der Waals surface area contributed by atoms with Gasteiger partial charge in [-0.15, -0.1) is 0 Å². The number of ether oxygens (including phenoxy) is 2. The molecule has 0 spiro atoms. The summed E-state index contributed by atoms with van der Waals surface area (Å²) in [6.07, 6.45) is 1.75. The molecule has 0 fully saturated rings. The Hall–Kier alpha value is -2.17. The van der Waals surface area contributed by atoms with Crippen LogP contribution in [0.15, 0.2) is 30.3 Å². The van der Waals surface area contributed by atoms with Crippen LogP contribution in [0.5, 0.6) is 0 Å². The van der Waals surface area contributed by atoms with E-state index < -0.39 is 12.1 Å². The van der Waals surface area contributed by atoms with Crippen molar-refractivity contribution < 1.29 is 23.5 Å². The number of hydrogen-bond acceptors (Lipinski definition) is 4. The monoisotopic (exact) mass is 280 g/mol. The molecule has 0 bridgehead atoms. The van der Waals surface area contributed by atoms with Crippen molar-refractivity contribution in [1.29, 1.82) is 0 Å². The molecule has 1 aromatic rings. The van der Waals surface area contributed by atoms with Crippen LogP contribution in [0, 0.1) is 0 Å². The quantitative estimate of drug-likeness (QED) is 0.750. The maximum absolute atomic E-state index is 13.5. The highest BCUT2D eigenvalue weighted by molar-refractivity contribution is 5.74. The lowest BCUT2D eigenvalue weighted by Gasteiger charge is -2.06. The molecular weight excluding hydrogens is 263 g/mol. The van der Waals surface area contributed by atoms with E-state index in [4.69, 9.17) is 4.74 Å². The molecule has 0 amide bonds. The fourth-order valence-corrected chi connectivity index (χ4v) is 1.59. The van der Waals surface area contributed by atoms with Gasteiger partial charge in [-0.05, 0) is 17.2 Å². The van der Waals surface area contributed by atoms with Crippen LogP contribution < -0.4 is 0 Å². The second-order valence-electron chi connectivity index (χ2n) is 4.14. The zero-order chi connectivity index (χ0) is 15.0. The molecular formula is C15H17FO4. The van der Waals surface area contributed by atoms with E-state index in [9.17, 15) is 14.0 Å². The lowest BCUT2D eigenvalue weighted by Crippen LogP contribution is -2.19. The van der Waals surface area contributed by atoms with Crippen LogP contribution in [0.3, 0.4) is 0 Å². The van der Waals surface area contributed by atoms with E-state index in [2.05, 4.69) is 4.74 Å². The van der Waals surface area contributed by atoms with Crippen molar-refractivity contribution in [3.8, 4) is 0 Å². The van der Waals surface area contributed by atoms with Gasteiger partial charge in [0.25, 0.3) is 0 Å². The minimum Gasteiger partial charge on any atom is -0.467 e. The summed E-state index contributed by atoms with van der Waals surface area (Å²) in [7, 11) is 1.16. The molecule has 20 heavy (non-hydrogen) atoms. The third kappa shape index (κ3) is 5.65. The van der Waals surface area contributed by atoms with E-state index in [0.29, 0.717) is 5.56 Å². The van der Waals surface area contributed by atoms with Gasteiger partial charge in [-0.1, -0.05) is 30.3 Å². The van der Waals surface area contributed by atoms with Gasteiger partial charge in [-0.2, -0.15) is 0 Å². The summed E-state index contributed by atoms with van der Waals surface area (Å²) >= 11 is 0. The smallest absolute Gasteiger partial charge is 0.340 e. The summed E-state index contributed by atoms with van der Waals surface area (Å²) in [5, 5.41) is 0. The normalized spacial score (nSPS) is 12.2. The summed E-state index contributed by atoms with van der Waals surface area (Å²) in [5.41, 5.74) is 1.53. The van der Waals surface area contributed by atoms with Gasteiger partial charge in [0.05, 0.1) is 7.11 Å². The van der Waals surface area contributed by atoms with Crippen molar-refractivity contribution in [3.05, 3.63) is 41.5 Å². The van der Waals surface area contributed by atoms with E-state index in [1.54, 1.807) is 30.4 Å². The molecule has 0 N–H and O–H groups in total. The standard InChI is InChI=1S/C15H17FO4/c1-11(17)20-8-4-7-12-5-3-6-13(9-12)10-14(16)15(18)19-2/h3-7,9,14H,8,10H2,1-2H3/b7-4-. The fourth-order valence-electron chi connectivity index (χ4n) is 1.59. The fraction of sp³-hybridized carbons (Fsp3) is 0.333. The van der Waals surface area contributed by atoms with Crippen LogP contribution in [0.2, 0.25) is 0 Å². The molecule has 0 saturated heterocycles. The second kappa shape index (κ2) is 8.09. The van der Waals surface area contributed by atoms with Gasteiger partial charge in [0.2, 0.25) is 6.17 Å². The molecule has 5 heteroatoms.